The number of unbranched alkanes of at least 4 members (excludes halogenated alkanes) is 2. The van der Waals surface area contributed by atoms with Gasteiger partial charge in [-0.2, -0.15) is 0 Å². The summed E-state index contributed by atoms with van der Waals surface area (Å²) in [5.41, 5.74) is 0. The zero-order valence-electron chi connectivity index (χ0n) is 7.01. The molecule has 0 amide bonds. The van der Waals surface area contributed by atoms with Gasteiger partial charge in [-0.15, -0.1) is 0 Å². The van der Waals surface area contributed by atoms with E-state index in [2.05, 4.69) is 19.1 Å². The van der Waals surface area contributed by atoms with Crippen molar-refractivity contribution in [1.29, 1.82) is 0 Å². The van der Waals surface area contributed by atoms with Crippen LogP contribution >= 0.6 is 0 Å². The summed E-state index contributed by atoms with van der Waals surface area (Å²) in [6, 6.07) is 0. The zero-order chi connectivity index (χ0) is 7.82. The molecule has 10 heavy (non-hydrogen) atoms. The minimum absolute atomic E-state index is 0.266. The van der Waals surface area contributed by atoms with Gasteiger partial charge >= 0.3 is 0 Å². The predicted molar refractivity (Wildman–Crippen MR) is 44.9 cm³/mol. The standard InChI is InChI=1S/C9H18O/c1-3-4-5-6-7-9(2)8-10/h6-7,9-10H,3-5,8H2,1-2H3/b7-6+/t9-/m1/s1. The molecule has 0 fully saturated rings. The van der Waals surface area contributed by atoms with E-state index in [1.165, 1.54) is 12.8 Å². The molecule has 0 aromatic rings. The number of allylic oxidation sites excluding steroid dienone is 1. The maximum atomic E-state index is 8.64. The first-order chi connectivity index (χ1) is 4.81. The van der Waals surface area contributed by atoms with Crippen LogP contribution in [0.4, 0.5) is 0 Å². The van der Waals surface area contributed by atoms with E-state index < -0.39 is 0 Å². The molecule has 0 aromatic heterocycles. The monoisotopic (exact) mass is 142 g/mol. The highest BCUT2D eigenvalue weighted by molar-refractivity contribution is 4.85. The summed E-state index contributed by atoms with van der Waals surface area (Å²) < 4.78 is 0. The Morgan fingerprint density at radius 3 is 2.70 bits per heavy atom. The highest BCUT2D eigenvalue weighted by Gasteiger charge is 1.89. The van der Waals surface area contributed by atoms with Gasteiger partial charge in [0.05, 0.1) is 0 Å². The fraction of sp³-hybridized carbons (Fsp3) is 0.778. The molecule has 0 saturated carbocycles. The topological polar surface area (TPSA) is 20.2 Å². The molecule has 0 unspecified atom stereocenters. The molecule has 60 valence electrons. The van der Waals surface area contributed by atoms with Gasteiger partial charge in [-0.25, -0.2) is 0 Å². The quantitative estimate of drug-likeness (QED) is 0.461. The van der Waals surface area contributed by atoms with Crippen LogP contribution in [0.3, 0.4) is 0 Å². The van der Waals surface area contributed by atoms with Crippen molar-refractivity contribution < 1.29 is 5.11 Å². The first kappa shape index (κ1) is 9.70. The van der Waals surface area contributed by atoms with Crippen LogP contribution < -0.4 is 0 Å². The summed E-state index contributed by atoms with van der Waals surface area (Å²) in [5.74, 6) is 0.330. The van der Waals surface area contributed by atoms with Crippen molar-refractivity contribution in [2.24, 2.45) is 5.92 Å². The van der Waals surface area contributed by atoms with Gasteiger partial charge in [-0.05, 0) is 12.3 Å². The first-order valence-electron chi connectivity index (χ1n) is 4.08. The second-order valence-electron chi connectivity index (χ2n) is 2.73. The Hall–Kier alpha value is -0.300. The minimum Gasteiger partial charge on any atom is -0.396 e. The highest BCUT2D eigenvalue weighted by Crippen LogP contribution is 1.99. The second kappa shape index (κ2) is 6.81. The van der Waals surface area contributed by atoms with E-state index in [1.807, 2.05) is 6.92 Å². The molecule has 1 N–H and O–H groups in total. The summed E-state index contributed by atoms with van der Waals surface area (Å²) in [5, 5.41) is 8.64. The van der Waals surface area contributed by atoms with E-state index in [4.69, 9.17) is 5.11 Å². The highest BCUT2D eigenvalue weighted by atomic mass is 16.3. The molecular weight excluding hydrogens is 124 g/mol. The van der Waals surface area contributed by atoms with Crippen LogP contribution in [-0.2, 0) is 0 Å². The molecule has 0 saturated heterocycles. The lowest BCUT2D eigenvalue weighted by Gasteiger charge is -1.97. The first-order valence-corrected chi connectivity index (χ1v) is 4.08. The largest absolute Gasteiger partial charge is 0.396 e. The smallest absolute Gasteiger partial charge is 0.0491 e. The predicted octanol–water partition coefficient (Wildman–Crippen LogP) is 2.36. The molecule has 1 nitrogen and oxygen atoms in total. The fourth-order valence-corrected chi connectivity index (χ4v) is 0.711. The van der Waals surface area contributed by atoms with Gasteiger partial charge in [-0.1, -0.05) is 38.8 Å². The number of rotatable bonds is 5. The normalized spacial score (nSPS) is 14.3. The van der Waals surface area contributed by atoms with Gasteiger partial charge in [0.25, 0.3) is 0 Å². The van der Waals surface area contributed by atoms with Gasteiger partial charge in [0, 0.05) is 6.61 Å². The Labute approximate surface area is 63.8 Å². The van der Waals surface area contributed by atoms with E-state index in [-0.39, 0.29) is 6.61 Å². The van der Waals surface area contributed by atoms with Crippen LogP contribution in [-0.4, -0.2) is 11.7 Å². The average molecular weight is 142 g/mol. The van der Waals surface area contributed by atoms with Crippen molar-refractivity contribution in [3.63, 3.8) is 0 Å². The van der Waals surface area contributed by atoms with Gasteiger partial charge in [0.15, 0.2) is 0 Å². The summed E-state index contributed by atoms with van der Waals surface area (Å²) in [7, 11) is 0. The Morgan fingerprint density at radius 1 is 1.50 bits per heavy atom. The molecule has 0 aliphatic carbocycles. The van der Waals surface area contributed by atoms with Crippen molar-refractivity contribution in [2.45, 2.75) is 33.1 Å². The van der Waals surface area contributed by atoms with Crippen LogP contribution in [0.5, 0.6) is 0 Å². The van der Waals surface area contributed by atoms with Gasteiger partial charge in [0.2, 0.25) is 0 Å². The third-order valence-corrected chi connectivity index (χ3v) is 1.48. The van der Waals surface area contributed by atoms with Crippen LogP contribution in [0.25, 0.3) is 0 Å². The maximum Gasteiger partial charge on any atom is 0.0491 e. The SMILES string of the molecule is CCCC/C=C/[C@@H](C)CO. The molecule has 0 spiro atoms. The lowest BCUT2D eigenvalue weighted by molar-refractivity contribution is 0.262. The van der Waals surface area contributed by atoms with Crippen molar-refractivity contribution >= 4 is 0 Å². The van der Waals surface area contributed by atoms with Crippen LogP contribution in [0.1, 0.15) is 33.1 Å². The third-order valence-electron chi connectivity index (χ3n) is 1.48. The Morgan fingerprint density at radius 2 is 2.20 bits per heavy atom. The van der Waals surface area contributed by atoms with E-state index in [1.54, 1.807) is 0 Å². The lowest BCUT2D eigenvalue weighted by atomic mass is 10.1. The number of aliphatic hydroxyl groups is 1. The van der Waals surface area contributed by atoms with Crippen molar-refractivity contribution in [2.75, 3.05) is 6.61 Å². The fourth-order valence-electron chi connectivity index (χ4n) is 0.711. The van der Waals surface area contributed by atoms with E-state index >= 15 is 0 Å². The van der Waals surface area contributed by atoms with E-state index in [0.717, 1.165) is 6.42 Å². The van der Waals surface area contributed by atoms with Crippen LogP contribution in [0, 0.1) is 5.92 Å². The molecule has 0 heterocycles. The van der Waals surface area contributed by atoms with Crippen molar-refractivity contribution in [1.82, 2.24) is 0 Å². The van der Waals surface area contributed by atoms with Gasteiger partial charge < -0.3 is 5.11 Å². The molecule has 1 atom stereocenters. The van der Waals surface area contributed by atoms with Gasteiger partial charge in [-0.3, -0.25) is 0 Å². The Kier molecular flexibility index (Phi) is 6.61. The average Bonchev–Trinajstić information content (AvgIpc) is 1.98. The molecule has 0 rings (SSSR count). The number of hydrogen-bond donors (Lipinski definition) is 1. The minimum atomic E-state index is 0.266. The molecular formula is C9H18O. The van der Waals surface area contributed by atoms with Gasteiger partial charge in [0.1, 0.15) is 0 Å². The Bertz CT molecular complexity index is 86.7. The maximum absolute atomic E-state index is 8.64. The summed E-state index contributed by atoms with van der Waals surface area (Å²) in [4.78, 5) is 0. The molecule has 0 aliphatic heterocycles. The molecule has 1 heteroatoms. The summed E-state index contributed by atoms with van der Waals surface area (Å²) >= 11 is 0. The van der Waals surface area contributed by atoms with Crippen LogP contribution in [0.2, 0.25) is 0 Å². The van der Waals surface area contributed by atoms with Crippen LogP contribution in [0.15, 0.2) is 12.2 Å². The Balaban J connectivity index is 3.18. The van der Waals surface area contributed by atoms with E-state index in [9.17, 15) is 0 Å². The molecule has 0 aromatic carbocycles. The molecule has 0 bridgehead atoms. The van der Waals surface area contributed by atoms with Crippen molar-refractivity contribution in [3.05, 3.63) is 12.2 Å². The van der Waals surface area contributed by atoms with Crippen molar-refractivity contribution in [3.8, 4) is 0 Å². The number of hydrogen-bond acceptors (Lipinski definition) is 1. The molecule has 0 radical (unpaired) electrons. The molecule has 0 aliphatic rings. The second-order valence-corrected chi connectivity index (χ2v) is 2.73. The number of aliphatic hydroxyl groups excluding tert-OH is 1. The zero-order valence-corrected chi connectivity index (χ0v) is 7.01. The van der Waals surface area contributed by atoms with E-state index in [0.29, 0.717) is 5.92 Å². The summed E-state index contributed by atoms with van der Waals surface area (Å²) in [6.45, 7) is 4.47. The summed E-state index contributed by atoms with van der Waals surface area (Å²) in [6.07, 6.45) is 7.90. The third kappa shape index (κ3) is 5.83. The lowest BCUT2D eigenvalue weighted by Crippen LogP contribution is -1.94.